The number of rotatable bonds is 3. The van der Waals surface area contributed by atoms with Gasteiger partial charge in [-0.25, -0.2) is 4.98 Å². The number of carboxylic acids is 1. The van der Waals surface area contributed by atoms with E-state index in [1.807, 2.05) is 39.1 Å². The molecule has 24 heavy (non-hydrogen) atoms. The van der Waals surface area contributed by atoms with Gasteiger partial charge < -0.3 is 10.8 Å². The molecule has 2 aromatic rings. The van der Waals surface area contributed by atoms with Crippen LogP contribution in [0.15, 0.2) is 30.5 Å². The second-order valence-electron chi connectivity index (χ2n) is 7.08. The lowest BCUT2D eigenvalue weighted by molar-refractivity contribution is -0.145. The number of nitrogen functional groups attached to an aromatic ring is 1. The number of aryl methyl sites for hydroxylation is 1. The molecule has 0 spiro atoms. The highest BCUT2D eigenvalue weighted by Gasteiger charge is 2.37. The van der Waals surface area contributed by atoms with Crippen molar-refractivity contribution in [1.29, 1.82) is 0 Å². The number of benzene rings is 1. The summed E-state index contributed by atoms with van der Waals surface area (Å²) >= 11 is 1.64. The number of aliphatic carboxylic acids is 1. The molecule has 1 aromatic heterocycles. The highest BCUT2D eigenvalue weighted by Crippen LogP contribution is 2.43. The zero-order valence-electron chi connectivity index (χ0n) is 14.2. The molecule has 3 N–H and O–H groups in total. The summed E-state index contributed by atoms with van der Waals surface area (Å²) in [4.78, 5) is 17.1. The first-order valence-electron chi connectivity index (χ1n) is 8.04. The highest BCUT2D eigenvalue weighted by molar-refractivity contribution is 7.16. The number of thiazole rings is 1. The van der Waals surface area contributed by atoms with E-state index in [4.69, 9.17) is 5.73 Å². The molecule has 0 saturated carbocycles. The molecule has 0 radical (unpaired) electrons. The number of carbonyl (C=O) groups is 1. The average molecular weight is 342 g/mol. The van der Waals surface area contributed by atoms with Crippen LogP contribution < -0.4 is 5.73 Å². The van der Waals surface area contributed by atoms with E-state index in [0.717, 1.165) is 38.7 Å². The molecule has 0 fully saturated rings. The third kappa shape index (κ3) is 3.22. The lowest BCUT2D eigenvalue weighted by atomic mass is 9.71. The van der Waals surface area contributed by atoms with Gasteiger partial charge in [0.25, 0.3) is 0 Å². The number of nitrogens with two attached hydrogens (primary N) is 1. The normalized spacial score (nSPS) is 19.8. The minimum atomic E-state index is -0.717. The van der Waals surface area contributed by atoms with Crippen LogP contribution in [0.3, 0.4) is 0 Å². The maximum atomic E-state index is 11.4. The summed E-state index contributed by atoms with van der Waals surface area (Å²) in [6, 6.07) is 6.01. The summed E-state index contributed by atoms with van der Waals surface area (Å²) in [6.45, 7) is 6.00. The predicted molar refractivity (Wildman–Crippen MR) is 98.8 cm³/mol. The van der Waals surface area contributed by atoms with Crippen LogP contribution in [0.4, 0.5) is 5.69 Å². The fraction of sp³-hybridized carbons (Fsp3) is 0.368. The molecule has 0 saturated heterocycles. The van der Waals surface area contributed by atoms with E-state index in [1.165, 1.54) is 0 Å². The van der Waals surface area contributed by atoms with Crippen LogP contribution in [0.1, 0.15) is 37.3 Å². The van der Waals surface area contributed by atoms with Crippen LogP contribution >= 0.6 is 11.3 Å². The number of hydrogen-bond acceptors (Lipinski definition) is 4. The second-order valence-corrected chi connectivity index (χ2v) is 8.11. The molecule has 1 aromatic carbocycles. The van der Waals surface area contributed by atoms with Gasteiger partial charge in [-0.05, 0) is 54.0 Å². The molecule has 0 aliphatic heterocycles. The van der Waals surface area contributed by atoms with E-state index in [2.05, 4.69) is 17.1 Å². The van der Waals surface area contributed by atoms with Gasteiger partial charge >= 0.3 is 5.97 Å². The second kappa shape index (κ2) is 6.06. The Bertz CT molecular complexity index is 800. The monoisotopic (exact) mass is 342 g/mol. The smallest absolute Gasteiger partial charge is 0.307 e. The lowest BCUT2D eigenvalue weighted by Gasteiger charge is -2.33. The van der Waals surface area contributed by atoms with Crippen LogP contribution in [0, 0.1) is 18.3 Å². The number of carboxylic acid groups (broad SMARTS) is 1. The average Bonchev–Trinajstić information content (AvgIpc) is 2.94. The fourth-order valence-electron chi connectivity index (χ4n) is 3.42. The Morgan fingerprint density at radius 2 is 2.12 bits per heavy atom. The molecule has 1 atom stereocenters. The minimum absolute atomic E-state index is 0.336. The third-order valence-electron chi connectivity index (χ3n) is 4.61. The van der Waals surface area contributed by atoms with Gasteiger partial charge in [0.1, 0.15) is 5.01 Å². The van der Waals surface area contributed by atoms with Crippen LogP contribution in [0.2, 0.25) is 0 Å². The number of anilines is 1. The molecule has 1 heterocycles. The van der Waals surface area contributed by atoms with E-state index < -0.39 is 5.97 Å². The van der Waals surface area contributed by atoms with Crippen LogP contribution in [-0.4, -0.2) is 16.1 Å². The van der Waals surface area contributed by atoms with Crippen molar-refractivity contribution in [2.45, 2.75) is 33.6 Å². The molecular formula is C19H22N2O2S. The molecular weight excluding hydrogens is 320 g/mol. The Morgan fingerprint density at radius 3 is 2.75 bits per heavy atom. The zero-order valence-corrected chi connectivity index (χ0v) is 15.0. The van der Waals surface area contributed by atoms with Crippen molar-refractivity contribution in [2.24, 2.45) is 11.3 Å². The summed E-state index contributed by atoms with van der Waals surface area (Å²) in [7, 11) is 0. The van der Waals surface area contributed by atoms with Crippen molar-refractivity contribution < 1.29 is 9.90 Å². The maximum absolute atomic E-state index is 11.4. The van der Waals surface area contributed by atoms with E-state index in [1.54, 1.807) is 11.3 Å². The third-order valence-corrected chi connectivity index (χ3v) is 5.73. The first-order chi connectivity index (χ1) is 11.3. The SMILES string of the molecule is Cc1cc(N)cc(-c2cnc(C3=CC(C)(C)C(C(=O)O)CC3)s2)c1. The number of aromatic nitrogens is 1. The Balaban J connectivity index is 1.92. The Kier molecular flexibility index (Phi) is 4.22. The summed E-state index contributed by atoms with van der Waals surface area (Å²) < 4.78 is 0. The molecule has 0 amide bonds. The number of allylic oxidation sites excluding steroid dienone is 2. The van der Waals surface area contributed by atoms with Gasteiger partial charge in [0.05, 0.1) is 10.8 Å². The lowest BCUT2D eigenvalue weighted by Crippen LogP contribution is -2.32. The van der Waals surface area contributed by atoms with Crippen molar-refractivity contribution in [1.82, 2.24) is 4.98 Å². The highest BCUT2D eigenvalue weighted by atomic mass is 32.1. The molecule has 0 bridgehead atoms. The van der Waals surface area contributed by atoms with Crippen LogP contribution in [-0.2, 0) is 4.79 Å². The Hall–Kier alpha value is -2.14. The summed E-state index contributed by atoms with van der Waals surface area (Å²) in [5.41, 5.74) is 9.69. The molecule has 1 aliphatic rings. The van der Waals surface area contributed by atoms with E-state index in [9.17, 15) is 9.90 Å². The fourth-order valence-corrected chi connectivity index (χ4v) is 4.36. The van der Waals surface area contributed by atoms with Crippen LogP contribution in [0.25, 0.3) is 16.0 Å². The molecule has 4 nitrogen and oxygen atoms in total. The van der Waals surface area contributed by atoms with Gasteiger partial charge in [-0.15, -0.1) is 11.3 Å². The summed E-state index contributed by atoms with van der Waals surface area (Å²) in [6.07, 6.45) is 5.37. The van der Waals surface area contributed by atoms with E-state index >= 15 is 0 Å². The van der Waals surface area contributed by atoms with Gasteiger partial charge in [-0.1, -0.05) is 26.0 Å². The topological polar surface area (TPSA) is 76.2 Å². The first-order valence-corrected chi connectivity index (χ1v) is 8.86. The predicted octanol–water partition coefficient (Wildman–Crippen LogP) is 4.60. The van der Waals surface area contributed by atoms with Crippen molar-refractivity contribution >= 4 is 28.6 Å². The van der Waals surface area contributed by atoms with Gasteiger partial charge in [0.2, 0.25) is 0 Å². The van der Waals surface area contributed by atoms with Gasteiger partial charge in [0, 0.05) is 11.9 Å². The van der Waals surface area contributed by atoms with Gasteiger partial charge in [-0.3, -0.25) is 4.79 Å². The van der Waals surface area contributed by atoms with Crippen molar-refractivity contribution in [3.63, 3.8) is 0 Å². The van der Waals surface area contributed by atoms with Crippen LogP contribution in [0.5, 0.6) is 0 Å². The Morgan fingerprint density at radius 1 is 1.38 bits per heavy atom. The van der Waals surface area contributed by atoms with Crippen molar-refractivity contribution in [3.05, 3.63) is 41.0 Å². The summed E-state index contributed by atoms with van der Waals surface area (Å²) in [5.74, 6) is -1.05. The van der Waals surface area contributed by atoms with Gasteiger partial charge in [0.15, 0.2) is 0 Å². The van der Waals surface area contributed by atoms with Gasteiger partial charge in [-0.2, -0.15) is 0 Å². The molecule has 3 rings (SSSR count). The summed E-state index contributed by atoms with van der Waals surface area (Å²) in [5, 5.41) is 10.4. The first kappa shape index (κ1) is 16.7. The number of nitrogens with zero attached hydrogens (tertiary/aromatic N) is 1. The number of hydrogen-bond donors (Lipinski definition) is 2. The zero-order chi connectivity index (χ0) is 17.5. The minimum Gasteiger partial charge on any atom is -0.481 e. The quantitative estimate of drug-likeness (QED) is 0.799. The van der Waals surface area contributed by atoms with Crippen molar-refractivity contribution in [3.8, 4) is 10.4 Å². The van der Waals surface area contributed by atoms with E-state index in [-0.39, 0.29) is 11.3 Å². The Labute approximate surface area is 146 Å². The molecule has 126 valence electrons. The standard InChI is InChI=1S/C19H22N2O2S/c1-11-6-13(8-14(20)7-11)16-10-21-17(24-16)12-4-5-15(18(22)23)19(2,3)9-12/h6-10,15H,4-5,20H2,1-3H3,(H,22,23). The maximum Gasteiger partial charge on any atom is 0.307 e. The molecule has 1 aliphatic carbocycles. The molecule has 1 unspecified atom stereocenters. The van der Waals surface area contributed by atoms with Crippen molar-refractivity contribution in [2.75, 3.05) is 5.73 Å². The molecule has 5 heteroatoms. The largest absolute Gasteiger partial charge is 0.481 e. The van der Waals surface area contributed by atoms with E-state index in [0.29, 0.717) is 6.42 Å².